The van der Waals surface area contributed by atoms with Crippen molar-refractivity contribution in [2.45, 2.75) is 39.0 Å². The number of aliphatic hydroxyl groups is 1. The van der Waals surface area contributed by atoms with Gasteiger partial charge in [-0.1, -0.05) is 6.07 Å². The Morgan fingerprint density at radius 3 is 2.33 bits per heavy atom. The van der Waals surface area contributed by atoms with Gasteiger partial charge >= 0.3 is 6.18 Å². The third kappa shape index (κ3) is 4.93. The Hall–Kier alpha value is -1.27. The summed E-state index contributed by atoms with van der Waals surface area (Å²) in [7, 11) is 0. The van der Waals surface area contributed by atoms with Gasteiger partial charge in [0.15, 0.2) is 0 Å². The number of nitrogens with one attached hydrogen (secondary N) is 1. The average molecular weight is 263 g/mol. The molecule has 2 N–H and O–H groups in total. The molecule has 0 aliphatic rings. The summed E-state index contributed by atoms with van der Waals surface area (Å²) >= 11 is 0. The van der Waals surface area contributed by atoms with Crippen LogP contribution in [0.3, 0.4) is 0 Å². The third-order valence-corrected chi connectivity index (χ3v) is 1.95. The maximum Gasteiger partial charge on any atom is 0.416 e. The molecule has 0 heterocycles. The summed E-state index contributed by atoms with van der Waals surface area (Å²) in [4.78, 5) is 0. The fourth-order valence-corrected chi connectivity index (χ4v) is 1.29. The van der Waals surface area contributed by atoms with Gasteiger partial charge < -0.3 is 15.2 Å². The number of benzene rings is 1. The van der Waals surface area contributed by atoms with Crippen molar-refractivity contribution < 1.29 is 23.0 Å². The fraction of sp³-hybridized carbons (Fsp3) is 0.500. The van der Waals surface area contributed by atoms with Gasteiger partial charge in [0.1, 0.15) is 0 Å². The van der Waals surface area contributed by atoms with E-state index in [1.807, 2.05) is 0 Å². The van der Waals surface area contributed by atoms with Crippen molar-refractivity contribution in [3.63, 3.8) is 0 Å². The summed E-state index contributed by atoms with van der Waals surface area (Å²) in [6, 6.07) is 4.55. The molecule has 0 saturated heterocycles. The SMILES string of the molecule is CC(C)(C)OC(O)Nc1cccc(C(F)(F)F)c1. The number of ether oxygens (including phenoxy) is 1. The second-order valence-corrected chi connectivity index (χ2v) is 4.81. The Labute approximate surface area is 104 Å². The van der Waals surface area contributed by atoms with Crippen molar-refractivity contribution >= 4 is 5.69 Å². The van der Waals surface area contributed by atoms with Gasteiger partial charge in [0, 0.05) is 5.69 Å². The molecule has 1 rings (SSSR count). The first-order valence-corrected chi connectivity index (χ1v) is 5.38. The molecule has 0 aromatic heterocycles. The Morgan fingerprint density at radius 2 is 1.83 bits per heavy atom. The quantitative estimate of drug-likeness (QED) is 0.823. The van der Waals surface area contributed by atoms with Crippen molar-refractivity contribution in [3.05, 3.63) is 29.8 Å². The highest BCUT2D eigenvalue weighted by Crippen LogP contribution is 2.30. The van der Waals surface area contributed by atoms with Gasteiger partial charge in [-0.05, 0) is 39.0 Å². The Morgan fingerprint density at radius 1 is 1.22 bits per heavy atom. The first-order chi connectivity index (χ1) is 8.08. The molecule has 18 heavy (non-hydrogen) atoms. The second-order valence-electron chi connectivity index (χ2n) is 4.81. The van der Waals surface area contributed by atoms with E-state index < -0.39 is 23.8 Å². The van der Waals surface area contributed by atoms with Gasteiger partial charge in [-0.25, -0.2) is 0 Å². The normalized spacial score (nSPS) is 14.4. The van der Waals surface area contributed by atoms with Crippen LogP contribution in [0.1, 0.15) is 26.3 Å². The van der Waals surface area contributed by atoms with E-state index in [-0.39, 0.29) is 5.69 Å². The van der Waals surface area contributed by atoms with Crippen LogP contribution in [0.2, 0.25) is 0 Å². The molecule has 0 aliphatic carbocycles. The summed E-state index contributed by atoms with van der Waals surface area (Å²) in [5.74, 6) is 0. The molecule has 0 saturated carbocycles. The molecule has 1 aromatic carbocycles. The topological polar surface area (TPSA) is 41.5 Å². The molecule has 0 bridgehead atoms. The molecule has 1 unspecified atom stereocenters. The Bertz CT molecular complexity index is 399. The molecule has 3 nitrogen and oxygen atoms in total. The summed E-state index contributed by atoms with van der Waals surface area (Å²) < 4.78 is 42.5. The molecule has 102 valence electrons. The molecule has 0 amide bonds. The number of aliphatic hydroxyl groups excluding tert-OH is 1. The third-order valence-electron chi connectivity index (χ3n) is 1.95. The van der Waals surface area contributed by atoms with E-state index in [0.717, 1.165) is 12.1 Å². The van der Waals surface area contributed by atoms with Crippen molar-refractivity contribution in [1.29, 1.82) is 0 Å². The van der Waals surface area contributed by atoms with Gasteiger partial charge in [0.05, 0.1) is 11.2 Å². The standard InChI is InChI=1S/C12H16F3NO2/c1-11(2,3)18-10(17)16-9-6-4-5-8(7-9)12(13,14)15/h4-7,10,16-17H,1-3H3. The van der Waals surface area contributed by atoms with E-state index in [4.69, 9.17) is 4.74 Å². The first kappa shape index (κ1) is 14.8. The van der Waals surface area contributed by atoms with Crippen LogP contribution in [0, 0.1) is 0 Å². The molecule has 0 fully saturated rings. The predicted molar refractivity (Wildman–Crippen MR) is 61.9 cm³/mol. The maximum atomic E-state index is 12.5. The van der Waals surface area contributed by atoms with Crippen LogP contribution in [0.5, 0.6) is 0 Å². The second kappa shape index (κ2) is 5.16. The Balaban J connectivity index is 2.74. The number of rotatable bonds is 3. The number of anilines is 1. The zero-order valence-corrected chi connectivity index (χ0v) is 10.4. The van der Waals surface area contributed by atoms with E-state index in [0.29, 0.717) is 0 Å². The number of hydrogen-bond donors (Lipinski definition) is 2. The molecular formula is C12H16F3NO2. The summed E-state index contributed by atoms with van der Waals surface area (Å²) in [6.45, 7) is 5.18. The molecule has 0 spiro atoms. The molecule has 0 aliphatic heterocycles. The predicted octanol–water partition coefficient (Wildman–Crippen LogP) is 3.21. The van der Waals surface area contributed by atoms with Crippen LogP contribution in [0.15, 0.2) is 24.3 Å². The minimum Gasteiger partial charge on any atom is -0.351 e. The van der Waals surface area contributed by atoms with Crippen molar-refractivity contribution in [3.8, 4) is 0 Å². The number of halogens is 3. The molecule has 1 atom stereocenters. The molecule has 6 heteroatoms. The highest BCUT2D eigenvalue weighted by molar-refractivity contribution is 5.46. The largest absolute Gasteiger partial charge is 0.416 e. The minimum absolute atomic E-state index is 0.140. The average Bonchev–Trinajstić information content (AvgIpc) is 2.13. The van der Waals surface area contributed by atoms with E-state index in [9.17, 15) is 18.3 Å². The number of alkyl halides is 3. The van der Waals surface area contributed by atoms with Gasteiger partial charge in [0.2, 0.25) is 6.41 Å². The molecule has 1 aromatic rings. The van der Waals surface area contributed by atoms with Gasteiger partial charge in [0.25, 0.3) is 0 Å². The smallest absolute Gasteiger partial charge is 0.351 e. The Kier molecular flexibility index (Phi) is 4.24. The monoisotopic (exact) mass is 263 g/mol. The molecule has 0 radical (unpaired) electrons. The highest BCUT2D eigenvalue weighted by atomic mass is 19.4. The van der Waals surface area contributed by atoms with Gasteiger partial charge in [-0.3, -0.25) is 0 Å². The summed E-state index contributed by atoms with van der Waals surface area (Å²) in [5, 5.41) is 12.0. The van der Waals surface area contributed by atoms with Crippen LogP contribution in [0.25, 0.3) is 0 Å². The lowest BCUT2D eigenvalue weighted by Crippen LogP contribution is -2.32. The molecular weight excluding hydrogens is 247 g/mol. The first-order valence-electron chi connectivity index (χ1n) is 5.38. The van der Waals surface area contributed by atoms with E-state index >= 15 is 0 Å². The van der Waals surface area contributed by atoms with Gasteiger partial charge in [-0.2, -0.15) is 13.2 Å². The highest BCUT2D eigenvalue weighted by Gasteiger charge is 2.30. The van der Waals surface area contributed by atoms with E-state index in [2.05, 4.69) is 5.32 Å². The van der Waals surface area contributed by atoms with Gasteiger partial charge in [-0.15, -0.1) is 0 Å². The van der Waals surface area contributed by atoms with Crippen LogP contribution in [-0.2, 0) is 10.9 Å². The lowest BCUT2D eigenvalue weighted by atomic mass is 10.2. The lowest BCUT2D eigenvalue weighted by Gasteiger charge is -2.25. The fourth-order valence-electron chi connectivity index (χ4n) is 1.29. The summed E-state index contributed by atoms with van der Waals surface area (Å²) in [6.07, 6.45) is -5.78. The zero-order valence-electron chi connectivity index (χ0n) is 10.4. The van der Waals surface area contributed by atoms with E-state index in [1.165, 1.54) is 12.1 Å². The van der Waals surface area contributed by atoms with Crippen LogP contribution >= 0.6 is 0 Å². The number of hydrogen-bond acceptors (Lipinski definition) is 3. The van der Waals surface area contributed by atoms with Crippen molar-refractivity contribution in [1.82, 2.24) is 0 Å². The summed E-state index contributed by atoms with van der Waals surface area (Å²) in [5.41, 5.74) is -1.24. The lowest BCUT2D eigenvalue weighted by molar-refractivity contribution is -0.149. The van der Waals surface area contributed by atoms with Crippen LogP contribution in [0.4, 0.5) is 18.9 Å². The van der Waals surface area contributed by atoms with Crippen LogP contribution in [-0.4, -0.2) is 17.1 Å². The van der Waals surface area contributed by atoms with Crippen molar-refractivity contribution in [2.24, 2.45) is 0 Å². The van der Waals surface area contributed by atoms with E-state index in [1.54, 1.807) is 20.8 Å². The zero-order chi connectivity index (χ0) is 14.0. The van der Waals surface area contributed by atoms with Crippen LogP contribution < -0.4 is 5.32 Å². The minimum atomic E-state index is -4.41. The maximum absolute atomic E-state index is 12.5. The van der Waals surface area contributed by atoms with Crippen molar-refractivity contribution in [2.75, 3.05) is 5.32 Å².